The summed E-state index contributed by atoms with van der Waals surface area (Å²) in [6.07, 6.45) is 0.653. The third kappa shape index (κ3) is 5.93. The van der Waals surface area contributed by atoms with Crippen LogP contribution in [0.5, 0.6) is 5.75 Å². The van der Waals surface area contributed by atoms with E-state index in [0.717, 1.165) is 5.56 Å². The van der Waals surface area contributed by atoms with Gasteiger partial charge in [0.1, 0.15) is 5.75 Å². The Morgan fingerprint density at radius 2 is 2.10 bits per heavy atom. The topological polar surface area (TPSA) is 72.8 Å². The van der Waals surface area contributed by atoms with Crippen LogP contribution in [-0.4, -0.2) is 46.4 Å². The zero-order chi connectivity index (χ0) is 15.2. The fraction of sp³-hybridized carbons (Fsp3) is 0.533. The number of amides is 2. The number of nitrogens with zero attached hydrogens (tertiary/aromatic N) is 1. The molecule has 0 aliphatic rings. The van der Waals surface area contributed by atoms with Gasteiger partial charge in [0, 0.05) is 13.1 Å². The number of carbonyl (C=O) groups is 1. The van der Waals surface area contributed by atoms with Crippen LogP contribution in [0.2, 0.25) is 0 Å². The van der Waals surface area contributed by atoms with Crippen molar-refractivity contribution >= 4 is 6.03 Å². The second-order valence-electron chi connectivity index (χ2n) is 5.48. The largest absolute Gasteiger partial charge is 0.508 e. The van der Waals surface area contributed by atoms with Crippen LogP contribution >= 0.6 is 0 Å². The van der Waals surface area contributed by atoms with Gasteiger partial charge in [0.2, 0.25) is 0 Å². The molecule has 0 atom stereocenters. The fourth-order valence-electron chi connectivity index (χ4n) is 1.93. The molecular weight excluding hydrogens is 256 g/mol. The zero-order valence-corrected chi connectivity index (χ0v) is 12.4. The maximum atomic E-state index is 12.0. The Hall–Kier alpha value is -1.75. The highest BCUT2D eigenvalue weighted by atomic mass is 16.3. The first kappa shape index (κ1) is 16.3. The summed E-state index contributed by atoms with van der Waals surface area (Å²) in [6.45, 7) is 6.56. The number of hydrogen-bond acceptors (Lipinski definition) is 3. The second-order valence-corrected chi connectivity index (χ2v) is 5.48. The maximum absolute atomic E-state index is 12.0. The van der Waals surface area contributed by atoms with Crippen molar-refractivity contribution in [3.63, 3.8) is 0 Å². The van der Waals surface area contributed by atoms with E-state index in [1.807, 2.05) is 13.0 Å². The van der Waals surface area contributed by atoms with Gasteiger partial charge in [0.25, 0.3) is 0 Å². The molecule has 5 nitrogen and oxygen atoms in total. The number of hydrogen-bond donors (Lipinski definition) is 3. The molecule has 112 valence electrons. The molecule has 0 spiro atoms. The van der Waals surface area contributed by atoms with E-state index < -0.39 is 5.60 Å². The van der Waals surface area contributed by atoms with Gasteiger partial charge in [-0.15, -0.1) is 0 Å². The van der Waals surface area contributed by atoms with Crippen LogP contribution in [0.1, 0.15) is 26.3 Å². The Balaban J connectivity index is 2.42. The van der Waals surface area contributed by atoms with E-state index >= 15 is 0 Å². The molecule has 0 bridgehead atoms. The van der Waals surface area contributed by atoms with Gasteiger partial charge in [0.15, 0.2) is 0 Å². The summed E-state index contributed by atoms with van der Waals surface area (Å²) in [7, 11) is 0. The number of phenolic OH excluding ortho intramolecular Hbond substituents is 1. The minimum atomic E-state index is -0.904. The van der Waals surface area contributed by atoms with E-state index in [0.29, 0.717) is 26.1 Å². The van der Waals surface area contributed by atoms with Crippen LogP contribution < -0.4 is 5.32 Å². The summed E-state index contributed by atoms with van der Waals surface area (Å²) in [4.78, 5) is 13.5. The third-order valence-corrected chi connectivity index (χ3v) is 2.85. The minimum Gasteiger partial charge on any atom is -0.508 e. The molecule has 0 radical (unpaired) electrons. The monoisotopic (exact) mass is 280 g/mol. The van der Waals surface area contributed by atoms with Crippen molar-refractivity contribution in [1.82, 2.24) is 10.2 Å². The highest BCUT2D eigenvalue weighted by molar-refractivity contribution is 5.74. The number of carbonyl (C=O) groups excluding carboxylic acids is 1. The molecule has 1 aromatic rings. The van der Waals surface area contributed by atoms with Crippen molar-refractivity contribution < 1.29 is 15.0 Å². The van der Waals surface area contributed by atoms with E-state index in [2.05, 4.69) is 5.32 Å². The van der Waals surface area contributed by atoms with Gasteiger partial charge in [0.05, 0.1) is 12.1 Å². The van der Waals surface area contributed by atoms with Crippen molar-refractivity contribution in [1.29, 1.82) is 0 Å². The van der Waals surface area contributed by atoms with Crippen molar-refractivity contribution in [3.8, 4) is 5.75 Å². The van der Waals surface area contributed by atoms with Gasteiger partial charge < -0.3 is 20.4 Å². The van der Waals surface area contributed by atoms with Gasteiger partial charge in [-0.25, -0.2) is 4.79 Å². The summed E-state index contributed by atoms with van der Waals surface area (Å²) in [6, 6.07) is 6.79. The number of urea groups is 1. The van der Waals surface area contributed by atoms with Gasteiger partial charge in [-0.3, -0.25) is 0 Å². The van der Waals surface area contributed by atoms with Crippen molar-refractivity contribution in [2.75, 3.05) is 19.6 Å². The van der Waals surface area contributed by atoms with Gasteiger partial charge in [-0.05, 0) is 44.9 Å². The number of benzene rings is 1. The van der Waals surface area contributed by atoms with Gasteiger partial charge >= 0.3 is 6.03 Å². The summed E-state index contributed by atoms with van der Waals surface area (Å²) < 4.78 is 0. The molecule has 0 aromatic heterocycles. The molecule has 20 heavy (non-hydrogen) atoms. The number of nitrogens with one attached hydrogen (secondary N) is 1. The molecule has 3 N–H and O–H groups in total. The molecule has 0 saturated carbocycles. The number of rotatable bonds is 6. The highest BCUT2D eigenvalue weighted by Gasteiger charge is 2.20. The lowest BCUT2D eigenvalue weighted by Gasteiger charge is -2.28. The average molecular weight is 280 g/mol. The van der Waals surface area contributed by atoms with Crippen LogP contribution in [0.25, 0.3) is 0 Å². The van der Waals surface area contributed by atoms with E-state index in [4.69, 9.17) is 0 Å². The van der Waals surface area contributed by atoms with Crippen LogP contribution in [0.3, 0.4) is 0 Å². The Morgan fingerprint density at radius 3 is 2.65 bits per heavy atom. The number of likely N-dealkylation sites (N-methyl/N-ethyl adjacent to an activating group) is 1. The van der Waals surface area contributed by atoms with Crippen LogP contribution in [-0.2, 0) is 6.42 Å². The first-order valence-corrected chi connectivity index (χ1v) is 6.85. The van der Waals surface area contributed by atoms with Crippen LogP contribution in [0.15, 0.2) is 24.3 Å². The van der Waals surface area contributed by atoms with E-state index in [9.17, 15) is 15.0 Å². The molecular formula is C15H24N2O3. The third-order valence-electron chi connectivity index (χ3n) is 2.85. The minimum absolute atomic E-state index is 0.185. The average Bonchev–Trinajstić information content (AvgIpc) is 2.34. The molecule has 1 rings (SSSR count). The molecule has 0 unspecified atom stereocenters. The lowest BCUT2D eigenvalue weighted by molar-refractivity contribution is 0.0480. The second kappa shape index (κ2) is 7.14. The molecule has 0 aliphatic carbocycles. The van der Waals surface area contributed by atoms with Crippen molar-refractivity contribution in [2.24, 2.45) is 0 Å². The molecule has 0 fully saturated rings. The summed E-state index contributed by atoms with van der Waals surface area (Å²) in [5, 5.41) is 21.9. The SMILES string of the molecule is CCN(CC(C)(C)O)C(=O)NCCc1cccc(O)c1. The first-order chi connectivity index (χ1) is 9.31. The lowest BCUT2D eigenvalue weighted by atomic mass is 10.1. The molecule has 0 aliphatic heterocycles. The van der Waals surface area contributed by atoms with E-state index in [-0.39, 0.29) is 11.8 Å². The van der Waals surface area contributed by atoms with Crippen LogP contribution in [0, 0.1) is 0 Å². The van der Waals surface area contributed by atoms with E-state index in [1.165, 1.54) is 0 Å². The van der Waals surface area contributed by atoms with Gasteiger partial charge in [-0.1, -0.05) is 12.1 Å². The summed E-state index contributed by atoms with van der Waals surface area (Å²) in [5.74, 6) is 0.228. The number of phenols is 1. The van der Waals surface area contributed by atoms with Crippen LogP contribution in [0.4, 0.5) is 4.79 Å². The maximum Gasteiger partial charge on any atom is 0.317 e. The first-order valence-electron chi connectivity index (χ1n) is 6.85. The Kier molecular flexibility index (Phi) is 5.82. The predicted octanol–water partition coefficient (Wildman–Crippen LogP) is 1.74. The van der Waals surface area contributed by atoms with Crippen molar-refractivity contribution in [2.45, 2.75) is 32.8 Å². The molecule has 5 heteroatoms. The predicted molar refractivity (Wildman–Crippen MR) is 78.8 cm³/mol. The fourth-order valence-corrected chi connectivity index (χ4v) is 1.93. The highest BCUT2D eigenvalue weighted by Crippen LogP contribution is 2.11. The zero-order valence-electron chi connectivity index (χ0n) is 12.4. The Labute approximate surface area is 120 Å². The summed E-state index contributed by atoms with van der Waals surface area (Å²) >= 11 is 0. The van der Waals surface area contributed by atoms with E-state index in [1.54, 1.807) is 36.9 Å². The Bertz CT molecular complexity index is 441. The van der Waals surface area contributed by atoms with Gasteiger partial charge in [-0.2, -0.15) is 0 Å². The molecule has 0 saturated heterocycles. The van der Waals surface area contributed by atoms with Crippen molar-refractivity contribution in [3.05, 3.63) is 29.8 Å². The summed E-state index contributed by atoms with van der Waals surface area (Å²) in [5.41, 5.74) is 0.0642. The molecule has 2 amide bonds. The molecule has 1 aromatic carbocycles. The quantitative estimate of drug-likeness (QED) is 0.743. The standard InChI is InChI=1S/C15H24N2O3/c1-4-17(11-15(2,3)20)14(19)16-9-8-12-6-5-7-13(18)10-12/h5-7,10,18,20H,4,8-9,11H2,1-3H3,(H,16,19). The number of aromatic hydroxyl groups is 1. The Morgan fingerprint density at radius 1 is 1.40 bits per heavy atom. The lowest BCUT2D eigenvalue weighted by Crippen LogP contribution is -2.47. The normalized spacial score (nSPS) is 11.2. The molecule has 0 heterocycles. The smallest absolute Gasteiger partial charge is 0.317 e. The number of aliphatic hydroxyl groups is 1.